The van der Waals surface area contributed by atoms with Gasteiger partial charge in [-0.3, -0.25) is 0 Å². The van der Waals surface area contributed by atoms with E-state index in [0.29, 0.717) is 0 Å². The first-order valence-electron chi connectivity index (χ1n) is 14.2. The van der Waals surface area contributed by atoms with Gasteiger partial charge < -0.3 is 0 Å². The van der Waals surface area contributed by atoms with Crippen LogP contribution in [0.15, 0.2) is 48.5 Å². The molecule has 0 bridgehead atoms. The second kappa shape index (κ2) is 14.0. The number of rotatable bonds is 2. The van der Waals surface area contributed by atoms with Crippen LogP contribution >= 0.6 is 17.0 Å². The van der Waals surface area contributed by atoms with Gasteiger partial charge in [0.2, 0.25) is 0 Å². The Balaban J connectivity index is 0.000000157. The maximum atomic E-state index is 4.93. The Hall–Kier alpha value is -0.877. The third-order valence-corrected chi connectivity index (χ3v) is 8.66. The molecular weight excluding hydrogens is 571 g/mol. The van der Waals surface area contributed by atoms with Crippen LogP contribution in [0.1, 0.15) is 109 Å². The minimum atomic E-state index is -0.826. The van der Waals surface area contributed by atoms with Gasteiger partial charge in [-0.25, -0.2) is 0 Å². The molecule has 0 heterocycles. The zero-order valence-electron chi connectivity index (χ0n) is 23.1. The second-order valence-electron chi connectivity index (χ2n) is 11.4. The number of fused-ring (bicyclic) bond motifs is 2. The van der Waals surface area contributed by atoms with Crippen LogP contribution in [0, 0.1) is 27.7 Å². The topological polar surface area (TPSA) is 0 Å². The molecule has 4 aromatic rings. The van der Waals surface area contributed by atoms with Crippen LogP contribution in [0.4, 0.5) is 0 Å². The van der Waals surface area contributed by atoms with E-state index >= 15 is 0 Å². The van der Waals surface area contributed by atoms with Crippen LogP contribution in [0.3, 0.4) is 0 Å². The first-order chi connectivity index (χ1) is 17.9. The van der Waals surface area contributed by atoms with Gasteiger partial charge in [-0.2, -0.15) is 12.1 Å². The third kappa shape index (κ3) is 7.21. The van der Waals surface area contributed by atoms with Gasteiger partial charge in [-0.05, 0) is 37.5 Å². The molecule has 196 valence electrons. The summed E-state index contributed by atoms with van der Waals surface area (Å²) in [6.45, 7) is 8.88. The van der Waals surface area contributed by atoms with E-state index in [9.17, 15) is 0 Å². The molecule has 0 amide bonds. The zero-order valence-corrected chi connectivity index (χ0v) is 27.1. The fourth-order valence-corrected chi connectivity index (χ4v) is 6.76. The van der Waals surface area contributed by atoms with Gasteiger partial charge in [-0.1, -0.05) is 89.5 Å². The van der Waals surface area contributed by atoms with Crippen LogP contribution in [0.25, 0.3) is 21.5 Å². The van der Waals surface area contributed by atoms with Crippen molar-refractivity contribution < 1.29 is 20.8 Å². The molecule has 0 aliphatic heterocycles. The van der Waals surface area contributed by atoms with Gasteiger partial charge in [0, 0.05) is 0 Å². The number of halogens is 2. The molecule has 0 radical (unpaired) electrons. The average molecular weight is 613 g/mol. The molecule has 0 spiro atoms. The number of hydrogen-bond donors (Lipinski definition) is 0. The van der Waals surface area contributed by atoms with Crippen molar-refractivity contribution in [3.05, 3.63) is 81.9 Å². The van der Waals surface area contributed by atoms with Gasteiger partial charge in [0.1, 0.15) is 0 Å². The van der Waals surface area contributed by atoms with Crippen molar-refractivity contribution in [2.75, 3.05) is 0 Å². The number of hydrogen-bond acceptors (Lipinski definition) is 0. The minimum absolute atomic E-state index is 0.814. The van der Waals surface area contributed by atoms with E-state index in [0.717, 1.165) is 11.8 Å². The van der Waals surface area contributed by atoms with Crippen LogP contribution in [-0.2, 0) is 20.8 Å². The standard InChI is InChI=1S/2C17H21.2ClH.Zr/c2*1-12-10-16-13(2)8-9-15(17(16)11-12)14-6-4-3-5-7-14;;;/h2*8-11,14H,3-7H2,1-2H3;2*1H;/q2*-1;;;+4/p-2. The van der Waals surface area contributed by atoms with Crippen LogP contribution in [-0.4, -0.2) is 0 Å². The predicted molar refractivity (Wildman–Crippen MR) is 161 cm³/mol. The Morgan fingerprint density at radius 2 is 0.946 bits per heavy atom. The SMILES string of the molecule is Cc1cc2c(C3CCCCC3)ccc(C)c2[cH-]1.Cc1cc2c(C3CCCCC3)ccc(C)c2[cH-]1.[Cl][Zr+2][Cl]. The predicted octanol–water partition coefficient (Wildman–Crippen LogP) is 11.8. The molecule has 37 heavy (non-hydrogen) atoms. The van der Waals surface area contributed by atoms with Crippen LogP contribution < -0.4 is 0 Å². The van der Waals surface area contributed by atoms with Crippen molar-refractivity contribution >= 4 is 38.6 Å². The van der Waals surface area contributed by atoms with Gasteiger partial charge >= 0.3 is 37.9 Å². The van der Waals surface area contributed by atoms with Crippen LogP contribution in [0.2, 0.25) is 0 Å². The second-order valence-corrected chi connectivity index (χ2v) is 15.1. The van der Waals surface area contributed by atoms with Gasteiger partial charge in [0.25, 0.3) is 0 Å². The normalized spacial score (nSPS) is 16.6. The van der Waals surface area contributed by atoms with Crippen molar-refractivity contribution in [3.8, 4) is 0 Å². The first-order valence-corrected chi connectivity index (χ1v) is 20.5. The summed E-state index contributed by atoms with van der Waals surface area (Å²) in [5.41, 5.74) is 8.88. The monoisotopic (exact) mass is 610 g/mol. The van der Waals surface area contributed by atoms with E-state index in [1.165, 1.54) is 108 Å². The molecule has 0 nitrogen and oxygen atoms in total. The Kier molecular flexibility index (Phi) is 11.0. The van der Waals surface area contributed by atoms with E-state index in [4.69, 9.17) is 17.0 Å². The fourth-order valence-electron chi connectivity index (χ4n) is 6.76. The Labute approximate surface area is 243 Å². The first kappa shape index (κ1) is 29.1. The van der Waals surface area contributed by atoms with E-state index < -0.39 is 20.8 Å². The Morgan fingerprint density at radius 3 is 1.30 bits per heavy atom. The van der Waals surface area contributed by atoms with Crippen molar-refractivity contribution in [1.82, 2.24) is 0 Å². The summed E-state index contributed by atoms with van der Waals surface area (Å²) in [5.74, 6) is 1.63. The van der Waals surface area contributed by atoms with Gasteiger partial charge in [0.15, 0.2) is 0 Å². The van der Waals surface area contributed by atoms with Gasteiger partial charge in [0.05, 0.1) is 0 Å². The molecule has 2 saturated carbocycles. The maximum absolute atomic E-state index is 4.93. The molecular formula is C34H42Cl2Zr. The summed E-state index contributed by atoms with van der Waals surface area (Å²) in [6, 6.07) is 18.8. The van der Waals surface area contributed by atoms with Crippen LogP contribution in [0.5, 0.6) is 0 Å². The molecule has 2 fully saturated rings. The number of benzene rings is 2. The summed E-state index contributed by atoms with van der Waals surface area (Å²) < 4.78 is 0. The van der Waals surface area contributed by atoms with Gasteiger partial charge in [-0.15, -0.1) is 68.1 Å². The summed E-state index contributed by atoms with van der Waals surface area (Å²) >= 11 is -0.826. The Bertz CT molecular complexity index is 1180. The molecule has 2 aliphatic carbocycles. The molecule has 2 aliphatic rings. The molecule has 0 saturated heterocycles. The summed E-state index contributed by atoms with van der Waals surface area (Å²) in [4.78, 5) is 0. The zero-order chi connectivity index (χ0) is 26.4. The summed E-state index contributed by atoms with van der Waals surface area (Å²) in [5, 5.41) is 6.00. The summed E-state index contributed by atoms with van der Waals surface area (Å²) in [6.07, 6.45) is 14.1. The molecule has 3 heteroatoms. The van der Waals surface area contributed by atoms with Crippen molar-refractivity contribution in [1.29, 1.82) is 0 Å². The fraction of sp³-hybridized carbons (Fsp3) is 0.471. The van der Waals surface area contributed by atoms with E-state index in [1.807, 2.05) is 0 Å². The van der Waals surface area contributed by atoms with E-state index in [1.54, 1.807) is 11.1 Å². The molecule has 0 atom stereocenters. The summed E-state index contributed by atoms with van der Waals surface area (Å²) in [7, 11) is 9.87. The van der Waals surface area contributed by atoms with Crippen molar-refractivity contribution in [2.24, 2.45) is 0 Å². The van der Waals surface area contributed by atoms with E-state index in [-0.39, 0.29) is 0 Å². The molecule has 0 aromatic heterocycles. The molecule has 6 rings (SSSR count). The van der Waals surface area contributed by atoms with Crippen molar-refractivity contribution in [3.63, 3.8) is 0 Å². The van der Waals surface area contributed by atoms with E-state index in [2.05, 4.69) is 76.2 Å². The average Bonchev–Trinajstić information content (AvgIpc) is 3.50. The third-order valence-electron chi connectivity index (χ3n) is 8.66. The molecule has 4 aromatic carbocycles. The molecule has 0 unspecified atom stereocenters. The quantitative estimate of drug-likeness (QED) is 0.198. The van der Waals surface area contributed by atoms with Crippen molar-refractivity contribution in [2.45, 2.75) is 104 Å². The number of aryl methyl sites for hydroxylation is 4. The Morgan fingerprint density at radius 1 is 0.595 bits per heavy atom. The molecule has 0 N–H and O–H groups in total.